The molecule has 0 radical (unpaired) electrons. The molecule has 4 nitrogen and oxygen atoms in total. The minimum absolute atomic E-state index is 0.337. The van der Waals surface area contributed by atoms with E-state index in [1.165, 1.54) is 0 Å². The van der Waals surface area contributed by atoms with Crippen LogP contribution in [0.1, 0.15) is 24.2 Å². The van der Waals surface area contributed by atoms with Crippen LogP contribution in [0.25, 0.3) is 0 Å². The van der Waals surface area contributed by atoms with Gasteiger partial charge in [0, 0.05) is 5.25 Å². The highest BCUT2D eigenvalue weighted by Crippen LogP contribution is 2.19. The summed E-state index contributed by atoms with van der Waals surface area (Å²) in [5.41, 5.74) is 2.57. The molecule has 3 N–H and O–H groups in total. The van der Waals surface area contributed by atoms with Crippen LogP contribution in [0.4, 0.5) is 0 Å². The Morgan fingerprint density at radius 1 is 1.53 bits per heavy atom. The molecular formula is C12H18N2O2S. The monoisotopic (exact) mass is 254 g/mol. The van der Waals surface area contributed by atoms with Gasteiger partial charge >= 0.3 is 0 Å². The normalized spacial score (nSPS) is 11.9. The summed E-state index contributed by atoms with van der Waals surface area (Å²) < 4.78 is 5.64. The van der Waals surface area contributed by atoms with Gasteiger partial charge in [-0.2, -0.15) is 11.8 Å². The third-order valence-corrected chi connectivity index (χ3v) is 3.23. The van der Waals surface area contributed by atoms with E-state index < -0.39 is 0 Å². The second kappa shape index (κ2) is 7.19. The van der Waals surface area contributed by atoms with E-state index in [1.807, 2.05) is 17.8 Å². The number of rotatable bonds is 6. The highest BCUT2D eigenvalue weighted by molar-refractivity contribution is 7.99. The SMILES string of the molecule is CCSC(C)COc1ccccc1C(=O)NN. The van der Waals surface area contributed by atoms with Gasteiger partial charge < -0.3 is 4.74 Å². The lowest BCUT2D eigenvalue weighted by molar-refractivity contribution is 0.0949. The number of benzene rings is 1. The number of thioether (sulfide) groups is 1. The second-order valence-corrected chi connectivity index (χ2v) is 5.26. The molecule has 94 valence electrons. The van der Waals surface area contributed by atoms with Crippen molar-refractivity contribution in [2.24, 2.45) is 5.84 Å². The Kier molecular flexibility index (Phi) is 5.86. The van der Waals surface area contributed by atoms with Crippen molar-refractivity contribution in [3.8, 4) is 5.75 Å². The first-order chi connectivity index (χ1) is 8.19. The van der Waals surface area contributed by atoms with E-state index in [1.54, 1.807) is 18.2 Å². The quantitative estimate of drug-likeness (QED) is 0.461. The number of amides is 1. The van der Waals surface area contributed by atoms with Crippen molar-refractivity contribution in [1.82, 2.24) is 5.43 Å². The first-order valence-corrected chi connectivity index (χ1v) is 6.58. The number of carbonyl (C=O) groups is 1. The number of nitrogens with two attached hydrogens (primary N) is 1. The highest BCUT2D eigenvalue weighted by atomic mass is 32.2. The summed E-state index contributed by atoms with van der Waals surface area (Å²) in [5, 5.41) is 0.397. The van der Waals surface area contributed by atoms with Crippen LogP contribution >= 0.6 is 11.8 Å². The highest BCUT2D eigenvalue weighted by Gasteiger charge is 2.11. The molecule has 5 heteroatoms. The predicted molar refractivity (Wildman–Crippen MR) is 71.2 cm³/mol. The van der Waals surface area contributed by atoms with Gasteiger partial charge in [-0.15, -0.1) is 0 Å². The van der Waals surface area contributed by atoms with Gasteiger partial charge in [0.15, 0.2) is 0 Å². The lowest BCUT2D eigenvalue weighted by Gasteiger charge is -2.14. The van der Waals surface area contributed by atoms with Crippen molar-refractivity contribution in [2.75, 3.05) is 12.4 Å². The fourth-order valence-corrected chi connectivity index (χ4v) is 2.13. The molecule has 1 aromatic carbocycles. The molecule has 0 aliphatic carbocycles. The molecule has 1 unspecified atom stereocenters. The van der Waals surface area contributed by atoms with E-state index in [4.69, 9.17) is 10.6 Å². The summed E-state index contributed by atoms with van der Waals surface area (Å²) >= 11 is 1.82. The van der Waals surface area contributed by atoms with Gasteiger partial charge in [-0.1, -0.05) is 19.1 Å². The number of hydrogen-bond acceptors (Lipinski definition) is 4. The Hall–Kier alpha value is -1.20. The maximum Gasteiger partial charge on any atom is 0.268 e. The molecule has 1 amide bonds. The third kappa shape index (κ3) is 4.28. The zero-order valence-corrected chi connectivity index (χ0v) is 10.9. The number of para-hydroxylation sites is 1. The van der Waals surface area contributed by atoms with Crippen LogP contribution in [0.3, 0.4) is 0 Å². The van der Waals surface area contributed by atoms with Gasteiger partial charge in [0.2, 0.25) is 0 Å². The molecule has 0 bridgehead atoms. The molecule has 0 heterocycles. The van der Waals surface area contributed by atoms with E-state index in [0.29, 0.717) is 23.2 Å². The van der Waals surface area contributed by atoms with Crippen LogP contribution in [0.2, 0.25) is 0 Å². The molecule has 0 spiro atoms. The number of ether oxygens (including phenoxy) is 1. The summed E-state index contributed by atoms with van der Waals surface area (Å²) in [6.45, 7) is 4.78. The Balaban J connectivity index is 2.67. The van der Waals surface area contributed by atoms with Crippen molar-refractivity contribution in [3.63, 3.8) is 0 Å². The molecule has 0 aliphatic heterocycles. The average Bonchev–Trinajstić information content (AvgIpc) is 2.36. The van der Waals surface area contributed by atoms with E-state index in [9.17, 15) is 4.79 Å². The lowest BCUT2D eigenvalue weighted by atomic mass is 10.2. The van der Waals surface area contributed by atoms with Crippen LogP contribution in [-0.2, 0) is 0 Å². The van der Waals surface area contributed by atoms with Crippen LogP contribution in [0.5, 0.6) is 5.75 Å². The molecular weight excluding hydrogens is 236 g/mol. The molecule has 0 aromatic heterocycles. The van der Waals surface area contributed by atoms with Crippen molar-refractivity contribution < 1.29 is 9.53 Å². The first kappa shape index (κ1) is 13.9. The van der Waals surface area contributed by atoms with Crippen LogP contribution in [0.15, 0.2) is 24.3 Å². The van der Waals surface area contributed by atoms with E-state index in [0.717, 1.165) is 5.75 Å². The molecule has 0 saturated heterocycles. The predicted octanol–water partition coefficient (Wildman–Crippen LogP) is 1.81. The number of carbonyl (C=O) groups excluding carboxylic acids is 1. The Bertz CT molecular complexity index is 371. The minimum Gasteiger partial charge on any atom is -0.492 e. The molecule has 0 fully saturated rings. The zero-order valence-electron chi connectivity index (χ0n) is 10.1. The van der Waals surface area contributed by atoms with Crippen molar-refractivity contribution in [3.05, 3.63) is 29.8 Å². The molecule has 17 heavy (non-hydrogen) atoms. The molecule has 1 rings (SSSR count). The summed E-state index contributed by atoms with van der Waals surface area (Å²) in [7, 11) is 0. The Morgan fingerprint density at radius 2 is 2.24 bits per heavy atom. The molecule has 1 atom stereocenters. The maximum atomic E-state index is 11.5. The summed E-state index contributed by atoms with van der Waals surface area (Å²) in [6, 6.07) is 7.07. The second-order valence-electron chi connectivity index (χ2n) is 3.55. The van der Waals surface area contributed by atoms with Crippen molar-refractivity contribution >= 4 is 17.7 Å². The maximum absolute atomic E-state index is 11.5. The van der Waals surface area contributed by atoms with Gasteiger partial charge in [0.25, 0.3) is 5.91 Å². The standard InChI is InChI=1S/C12H18N2O2S/c1-3-17-9(2)8-16-11-7-5-4-6-10(11)12(15)14-13/h4-7,9H,3,8,13H2,1-2H3,(H,14,15). The topological polar surface area (TPSA) is 64.3 Å². The number of hydrogen-bond donors (Lipinski definition) is 2. The van der Waals surface area contributed by atoms with Gasteiger partial charge in [0.1, 0.15) is 5.75 Å². The van der Waals surface area contributed by atoms with Crippen LogP contribution in [-0.4, -0.2) is 23.5 Å². The van der Waals surface area contributed by atoms with Crippen LogP contribution in [0, 0.1) is 0 Å². The van der Waals surface area contributed by atoms with E-state index in [-0.39, 0.29) is 5.91 Å². The largest absolute Gasteiger partial charge is 0.492 e. The Labute approximate surface area is 106 Å². The fourth-order valence-electron chi connectivity index (χ4n) is 1.40. The average molecular weight is 254 g/mol. The lowest BCUT2D eigenvalue weighted by Crippen LogP contribution is -2.30. The van der Waals surface area contributed by atoms with Gasteiger partial charge in [-0.3, -0.25) is 10.2 Å². The fraction of sp³-hybridized carbons (Fsp3) is 0.417. The third-order valence-electron chi connectivity index (χ3n) is 2.19. The smallest absolute Gasteiger partial charge is 0.268 e. The van der Waals surface area contributed by atoms with E-state index >= 15 is 0 Å². The van der Waals surface area contributed by atoms with Gasteiger partial charge in [-0.05, 0) is 24.8 Å². The molecule has 0 saturated carbocycles. The summed E-state index contributed by atoms with van der Waals surface area (Å²) in [6.07, 6.45) is 0. The van der Waals surface area contributed by atoms with E-state index in [2.05, 4.69) is 19.3 Å². The van der Waals surface area contributed by atoms with Crippen LogP contribution < -0.4 is 16.0 Å². The minimum atomic E-state index is -0.337. The summed E-state index contributed by atoms with van der Waals surface area (Å²) in [4.78, 5) is 11.5. The Morgan fingerprint density at radius 3 is 2.88 bits per heavy atom. The zero-order chi connectivity index (χ0) is 12.7. The number of nitrogens with one attached hydrogen (secondary N) is 1. The van der Waals surface area contributed by atoms with Gasteiger partial charge in [0.05, 0.1) is 12.2 Å². The van der Waals surface area contributed by atoms with Crippen molar-refractivity contribution in [1.29, 1.82) is 0 Å². The number of nitrogen functional groups attached to an aromatic ring is 1. The summed E-state index contributed by atoms with van der Waals surface area (Å²) in [5.74, 6) is 6.40. The molecule has 0 aliphatic rings. The van der Waals surface area contributed by atoms with Gasteiger partial charge in [-0.25, -0.2) is 5.84 Å². The molecule has 1 aromatic rings. The first-order valence-electron chi connectivity index (χ1n) is 5.53. The van der Waals surface area contributed by atoms with Crippen molar-refractivity contribution in [2.45, 2.75) is 19.1 Å². The number of hydrazine groups is 1.